The molecule has 8 nitrogen and oxygen atoms in total. The lowest BCUT2D eigenvalue weighted by molar-refractivity contribution is -0.117. The largest absolute Gasteiger partial charge is 0.697 e. The van der Waals surface area contributed by atoms with Crippen LogP contribution in [0.3, 0.4) is 0 Å². The Bertz CT molecular complexity index is 788. The number of carbonyl (C=O) groups is 1. The molecule has 1 aromatic heterocycles. The van der Waals surface area contributed by atoms with Gasteiger partial charge in [0.15, 0.2) is 5.12 Å². The molecule has 0 saturated carbocycles. The normalized spacial score (nSPS) is 20.6. The molecule has 2 rings (SSSR count). The third-order valence-electron chi connectivity index (χ3n) is 3.74. The molecule has 1 fully saturated rings. The van der Waals surface area contributed by atoms with E-state index in [-0.39, 0.29) is 29.0 Å². The fourth-order valence-electron chi connectivity index (χ4n) is 2.31. The summed E-state index contributed by atoms with van der Waals surface area (Å²) in [7, 11) is -2.24. The molecule has 3 unspecified atom stereocenters. The molecular weight excluding hydrogens is 411 g/mol. The first kappa shape index (κ1) is 22.4. The second-order valence-electron chi connectivity index (χ2n) is 7.05. The minimum Gasteiger partial charge on any atom is -0.288 e. The summed E-state index contributed by atoms with van der Waals surface area (Å²) in [6.07, 6.45) is 3.05. The molecule has 0 spiro atoms. The molecule has 0 amide bonds. The molecule has 11 heteroatoms. The third kappa shape index (κ3) is 7.19. The molecule has 1 aliphatic heterocycles. The fraction of sp³-hybridized carbons (Fsp3) is 0.688. The Hall–Kier alpha value is -0.930. The highest BCUT2D eigenvalue weighted by Gasteiger charge is 2.31. The Labute approximate surface area is 166 Å². The number of aromatic amines is 1. The van der Waals surface area contributed by atoms with Gasteiger partial charge in [0.1, 0.15) is 13.2 Å². The number of hydrogen-bond donors (Lipinski definition) is 1. The first-order valence-corrected chi connectivity index (χ1v) is 11.6. The summed E-state index contributed by atoms with van der Waals surface area (Å²) in [4.78, 5) is 37.0. The maximum atomic E-state index is 11.8. The number of aromatic nitrogens is 2. The van der Waals surface area contributed by atoms with Crippen molar-refractivity contribution in [2.75, 3.05) is 19.0 Å². The molecule has 1 saturated heterocycles. The number of nitrogens with zero attached hydrogens (tertiary/aromatic N) is 1. The lowest BCUT2D eigenvalue weighted by Crippen LogP contribution is -2.29. The second kappa shape index (κ2) is 10.0. The molecule has 1 aromatic rings. The molecule has 150 valence electrons. The van der Waals surface area contributed by atoms with Crippen LogP contribution < -0.4 is 11.2 Å². The van der Waals surface area contributed by atoms with Crippen LogP contribution in [0.5, 0.6) is 0 Å². The van der Waals surface area contributed by atoms with Gasteiger partial charge < -0.3 is 0 Å². The zero-order chi connectivity index (χ0) is 20.0. The summed E-state index contributed by atoms with van der Waals surface area (Å²) in [6, 6.07) is 1.32. The van der Waals surface area contributed by atoms with Crippen molar-refractivity contribution in [2.45, 2.75) is 44.2 Å². The highest BCUT2D eigenvalue weighted by Crippen LogP contribution is 2.41. The van der Waals surface area contributed by atoms with Gasteiger partial charge in [0.05, 0.1) is 5.37 Å². The number of nitrogens with one attached hydrogen (secondary N) is 1. The van der Waals surface area contributed by atoms with Gasteiger partial charge in [0, 0.05) is 33.2 Å². The van der Waals surface area contributed by atoms with Gasteiger partial charge in [-0.05, 0) is 12.8 Å². The van der Waals surface area contributed by atoms with Crippen LogP contribution in [0.2, 0.25) is 0 Å². The van der Waals surface area contributed by atoms with Crippen LogP contribution in [-0.4, -0.2) is 38.9 Å². The summed E-state index contributed by atoms with van der Waals surface area (Å²) in [5.74, 6) is 0.427. The number of thioether (sulfide) groups is 2. The Balaban J connectivity index is 1.67. The highest BCUT2D eigenvalue weighted by atomic mass is 32.2. The molecule has 1 aliphatic rings. The van der Waals surface area contributed by atoms with Crippen molar-refractivity contribution in [1.82, 2.24) is 9.55 Å². The van der Waals surface area contributed by atoms with Crippen molar-refractivity contribution in [3.05, 3.63) is 33.1 Å². The van der Waals surface area contributed by atoms with Crippen LogP contribution in [0.25, 0.3) is 0 Å². The Kier molecular flexibility index (Phi) is 8.30. The predicted octanol–water partition coefficient (Wildman–Crippen LogP) is 2.93. The monoisotopic (exact) mass is 435 g/mol. The summed E-state index contributed by atoms with van der Waals surface area (Å²) >= 11 is 2.70. The minimum absolute atomic E-state index is 0.0631. The average Bonchev–Trinajstić information content (AvgIpc) is 3.04. The lowest BCUT2D eigenvalue weighted by Gasteiger charge is -2.14. The Morgan fingerprint density at radius 1 is 1.37 bits per heavy atom. The molecule has 2 heterocycles. The molecule has 0 bridgehead atoms. The van der Waals surface area contributed by atoms with Gasteiger partial charge in [-0.3, -0.25) is 19.1 Å². The lowest BCUT2D eigenvalue weighted by atomic mass is 10.00. The molecule has 0 aliphatic carbocycles. The highest BCUT2D eigenvalue weighted by molar-refractivity contribution is 8.13. The predicted molar refractivity (Wildman–Crippen MR) is 107 cm³/mol. The summed E-state index contributed by atoms with van der Waals surface area (Å²) in [5, 5.41) is 0.0721. The summed E-state index contributed by atoms with van der Waals surface area (Å²) in [6.45, 7) is 5.97. The van der Waals surface area contributed by atoms with E-state index < -0.39 is 24.9 Å². The third-order valence-corrected chi connectivity index (χ3v) is 7.27. The maximum absolute atomic E-state index is 11.8. The van der Waals surface area contributed by atoms with Crippen molar-refractivity contribution in [1.29, 1.82) is 0 Å². The van der Waals surface area contributed by atoms with E-state index >= 15 is 0 Å². The van der Waals surface area contributed by atoms with Crippen molar-refractivity contribution in [2.24, 2.45) is 5.41 Å². The second-order valence-corrected chi connectivity index (χ2v) is 10.6. The molecular formula is C16H24N2O6PS2+. The SMILES string of the molecule is CC(C)(C)C(=O)SCCO[P+](=O)OCC1CCC(n2ccc(=O)[nH]c2=O)S1. The molecule has 1 N–H and O–H groups in total. The van der Waals surface area contributed by atoms with E-state index in [9.17, 15) is 18.9 Å². The van der Waals surface area contributed by atoms with Crippen molar-refractivity contribution < 1.29 is 18.4 Å². The van der Waals surface area contributed by atoms with Crippen molar-refractivity contribution in [3.63, 3.8) is 0 Å². The van der Waals surface area contributed by atoms with Crippen LogP contribution in [0, 0.1) is 5.41 Å². The Morgan fingerprint density at radius 2 is 2.11 bits per heavy atom. The zero-order valence-corrected chi connectivity index (χ0v) is 18.0. The van der Waals surface area contributed by atoms with E-state index in [0.29, 0.717) is 5.75 Å². The molecule has 0 aromatic carbocycles. The van der Waals surface area contributed by atoms with Gasteiger partial charge in [-0.2, -0.15) is 0 Å². The van der Waals surface area contributed by atoms with Crippen LogP contribution in [0.15, 0.2) is 21.9 Å². The summed E-state index contributed by atoms with van der Waals surface area (Å²) in [5.41, 5.74) is -1.26. The average molecular weight is 435 g/mol. The fourth-order valence-corrected chi connectivity index (χ4v) is 5.37. The van der Waals surface area contributed by atoms with Gasteiger partial charge in [0.2, 0.25) is 0 Å². The van der Waals surface area contributed by atoms with Crippen LogP contribution in [0.4, 0.5) is 0 Å². The van der Waals surface area contributed by atoms with Gasteiger partial charge >= 0.3 is 13.9 Å². The van der Waals surface area contributed by atoms with E-state index in [2.05, 4.69) is 4.98 Å². The van der Waals surface area contributed by atoms with E-state index in [1.165, 1.54) is 16.8 Å². The van der Waals surface area contributed by atoms with Gasteiger partial charge in [-0.25, -0.2) is 4.79 Å². The maximum Gasteiger partial charge on any atom is 0.697 e. The first-order valence-electron chi connectivity index (χ1n) is 8.54. The molecule has 0 radical (unpaired) electrons. The van der Waals surface area contributed by atoms with Gasteiger partial charge in [-0.1, -0.05) is 32.5 Å². The van der Waals surface area contributed by atoms with E-state index in [4.69, 9.17) is 9.05 Å². The number of carbonyl (C=O) groups excluding carboxylic acids is 1. The number of H-pyrrole nitrogens is 1. The molecule has 27 heavy (non-hydrogen) atoms. The first-order chi connectivity index (χ1) is 12.7. The van der Waals surface area contributed by atoms with Crippen LogP contribution >= 0.6 is 31.8 Å². The van der Waals surface area contributed by atoms with Gasteiger partial charge in [0.25, 0.3) is 5.56 Å². The van der Waals surface area contributed by atoms with E-state index in [0.717, 1.165) is 24.6 Å². The quantitative estimate of drug-likeness (QED) is 0.491. The standard InChI is InChI=1S/C16H23N2O6PS2/c1-16(2,3)14(20)26-9-8-23-25(22)24-10-11-4-5-13(27-11)18-7-6-12(19)17-15(18)21/h6-7,11,13H,4-5,8-10H2,1-3H3/p+1. The van der Waals surface area contributed by atoms with Crippen molar-refractivity contribution >= 4 is 36.9 Å². The van der Waals surface area contributed by atoms with Crippen molar-refractivity contribution in [3.8, 4) is 0 Å². The van der Waals surface area contributed by atoms with Gasteiger partial charge in [-0.15, -0.1) is 20.8 Å². The van der Waals surface area contributed by atoms with E-state index in [1.54, 1.807) is 11.8 Å². The molecule has 3 atom stereocenters. The van der Waals surface area contributed by atoms with E-state index in [1.807, 2.05) is 20.8 Å². The topological polar surface area (TPSA) is 107 Å². The van der Waals surface area contributed by atoms with Crippen LogP contribution in [0.1, 0.15) is 39.0 Å². The smallest absolute Gasteiger partial charge is 0.288 e. The zero-order valence-electron chi connectivity index (χ0n) is 15.5. The number of rotatable bonds is 8. The number of hydrogen-bond acceptors (Lipinski definition) is 8. The summed E-state index contributed by atoms with van der Waals surface area (Å²) < 4.78 is 23.7. The Morgan fingerprint density at radius 3 is 2.78 bits per heavy atom. The minimum atomic E-state index is -2.24. The van der Waals surface area contributed by atoms with Crippen LogP contribution in [-0.2, 0) is 18.4 Å².